The minimum absolute atomic E-state index is 0.000702. The highest BCUT2D eigenvalue weighted by Gasteiger charge is 2.38. The number of amidine groups is 1. The highest BCUT2D eigenvalue weighted by atomic mass is 32.2. The lowest BCUT2D eigenvalue weighted by Gasteiger charge is -2.23. The van der Waals surface area contributed by atoms with Gasteiger partial charge in [-0.25, -0.2) is 8.42 Å². The summed E-state index contributed by atoms with van der Waals surface area (Å²) in [4.78, 5) is 14.7. The van der Waals surface area contributed by atoms with Gasteiger partial charge >= 0.3 is 0 Å². The van der Waals surface area contributed by atoms with Crippen LogP contribution in [0.2, 0.25) is 0 Å². The number of sulfonamides is 2. The van der Waals surface area contributed by atoms with E-state index in [2.05, 4.69) is 9.71 Å². The minimum Gasteiger partial charge on any atom is -0.362 e. The van der Waals surface area contributed by atoms with Crippen molar-refractivity contribution in [2.45, 2.75) is 62.8 Å². The molecule has 3 rings (SSSR count). The van der Waals surface area contributed by atoms with Crippen LogP contribution in [0.5, 0.6) is 0 Å². The second-order valence-corrected chi connectivity index (χ2v) is 12.0. The molecule has 2 saturated heterocycles. The fourth-order valence-electron chi connectivity index (χ4n) is 4.11. The molecule has 0 bridgehead atoms. The summed E-state index contributed by atoms with van der Waals surface area (Å²) in [6.45, 7) is 2.87. The van der Waals surface area contributed by atoms with Crippen LogP contribution in [0, 0.1) is 0 Å². The fraction of sp³-hybridized carbons (Fsp3) is 0.619. The predicted octanol–water partition coefficient (Wildman–Crippen LogP) is 2.42. The van der Waals surface area contributed by atoms with Gasteiger partial charge in [-0.2, -0.15) is 12.7 Å². The van der Waals surface area contributed by atoms with E-state index < -0.39 is 32.0 Å². The van der Waals surface area contributed by atoms with Crippen LogP contribution in [0.3, 0.4) is 0 Å². The monoisotopic (exact) mass is 484 g/mol. The van der Waals surface area contributed by atoms with E-state index in [0.29, 0.717) is 43.8 Å². The van der Waals surface area contributed by atoms with Crippen molar-refractivity contribution in [2.24, 2.45) is 4.40 Å². The SMILES string of the molecule is CCCS(=O)(=O)N1CCCC1C(=O)Nc1cccc(S(=O)(=O)/N=C2/CCCCCN2C)c1. The first-order chi connectivity index (χ1) is 15.1. The van der Waals surface area contributed by atoms with Crippen molar-refractivity contribution < 1.29 is 21.6 Å². The Kier molecular flexibility index (Phi) is 7.94. The number of carbonyl (C=O) groups is 1. The summed E-state index contributed by atoms with van der Waals surface area (Å²) in [6, 6.07) is 5.15. The third kappa shape index (κ3) is 5.87. The maximum atomic E-state index is 12.9. The minimum atomic E-state index is -3.94. The van der Waals surface area contributed by atoms with Crippen LogP contribution in [-0.2, 0) is 24.8 Å². The average molecular weight is 485 g/mol. The maximum Gasteiger partial charge on any atom is 0.284 e. The summed E-state index contributed by atoms with van der Waals surface area (Å²) in [5.74, 6) is 0.0884. The van der Waals surface area contributed by atoms with Crippen LogP contribution >= 0.6 is 0 Å². The summed E-state index contributed by atoms with van der Waals surface area (Å²) < 4.78 is 56.1. The molecule has 178 valence electrons. The van der Waals surface area contributed by atoms with Gasteiger partial charge < -0.3 is 10.2 Å². The van der Waals surface area contributed by atoms with Crippen molar-refractivity contribution in [1.29, 1.82) is 0 Å². The number of likely N-dealkylation sites (tertiary alicyclic amines) is 1. The summed E-state index contributed by atoms with van der Waals surface area (Å²) in [7, 11) is -5.59. The van der Waals surface area contributed by atoms with Crippen molar-refractivity contribution in [3.8, 4) is 0 Å². The van der Waals surface area contributed by atoms with Crippen molar-refractivity contribution in [3.63, 3.8) is 0 Å². The molecule has 9 nitrogen and oxygen atoms in total. The van der Waals surface area contributed by atoms with Crippen LogP contribution in [-0.4, -0.2) is 69.7 Å². The molecule has 32 heavy (non-hydrogen) atoms. The van der Waals surface area contributed by atoms with Crippen LogP contribution in [0.15, 0.2) is 33.6 Å². The van der Waals surface area contributed by atoms with Crippen LogP contribution < -0.4 is 5.32 Å². The first-order valence-electron chi connectivity index (χ1n) is 11.1. The quantitative estimate of drug-likeness (QED) is 0.635. The number of nitrogens with zero attached hydrogens (tertiary/aromatic N) is 3. The number of nitrogens with one attached hydrogen (secondary N) is 1. The molecule has 1 amide bonds. The number of benzene rings is 1. The summed E-state index contributed by atoms with van der Waals surface area (Å²) in [5.41, 5.74) is 0.297. The zero-order chi connectivity index (χ0) is 23.4. The van der Waals surface area contributed by atoms with Crippen LogP contribution in [0.4, 0.5) is 5.69 Å². The van der Waals surface area contributed by atoms with E-state index in [0.717, 1.165) is 25.8 Å². The van der Waals surface area contributed by atoms with E-state index in [1.165, 1.54) is 16.4 Å². The Labute approximate surface area is 191 Å². The van der Waals surface area contributed by atoms with Gasteiger partial charge in [0.1, 0.15) is 11.9 Å². The highest BCUT2D eigenvalue weighted by Crippen LogP contribution is 2.25. The maximum absolute atomic E-state index is 12.9. The van der Waals surface area contributed by atoms with E-state index in [1.54, 1.807) is 19.1 Å². The smallest absolute Gasteiger partial charge is 0.284 e. The number of rotatable bonds is 7. The standard InChI is InChI=1S/C21H32N4O5S2/c1-3-15-31(27,28)25-14-8-11-19(25)21(26)22-17-9-7-10-18(16-17)32(29,30)23-20-12-5-4-6-13-24(20)2/h7,9-10,16,19H,3-6,8,11-15H2,1-2H3,(H,22,26)/b23-20-. The Morgan fingerprint density at radius 1 is 1.12 bits per heavy atom. The molecule has 2 fully saturated rings. The molecule has 11 heteroatoms. The molecule has 0 saturated carbocycles. The number of hydrogen-bond acceptors (Lipinski definition) is 5. The second-order valence-electron chi connectivity index (χ2n) is 8.32. The summed E-state index contributed by atoms with van der Waals surface area (Å²) in [5, 5.41) is 2.69. The average Bonchev–Trinajstić information content (AvgIpc) is 3.16. The Morgan fingerprint density at radius 3 is 2.66 bits per heavy atom. The molecule has 2 heterocycles. The number of amides is 1. The van der Waals surface area contributed by atoms with Gasteiger partial charge in [0.15, 0.2) is 0 Å². The van der Waals surface area contributed by atoms with Crippen molar-refractivity contribution >= 4 is 37.5 Å². The van der Waals surface area contributed by atoms with Crippen molar-refractivity contribution in [2.75, 3.05) is 31.2 Å². The van der Waals surface area contributed by atoms with Gasteiger partial charge in [0, 0.05) is 32.2 Å². The molecule has 0 spiro atoms. The molecule has 1 N–H and O–H groups in total. The Bertz CT molecular complexity index is 1070. The Hall–Kier alpha value is -1.98. The summed E-state index contributed by atoms with van der Waals surface area (Å²) >= 11 is 0. The number of anilines is 1. The molecular formula is C21H32N4O5S2. The Morgan fingerprint density at radius 2 is 1.91 bits per heavy atom. The lowest BCUT2D eigenvalue weighted by atomic mass is 10.2. The predicted molar refractivity (Wildman–Crippen MR) is 125 cm³/mol. The second kappa shape index (κ2) is 10.3. The fourth-order valence-corrected chi connectivity index (χ4v) is 6.99. The third-order valence-corrected chi connectivity index (χ3v) is 9.16. The third-order valence-electron chi connectivity index (χ3n) is 5.79. The zero-order valence-electron chi connectivity index (χ0n) is 18.7. The normalized spacial score (nSPS) is 22.1. The van der Waals surface area contributed by atoms with Crippen LogP contribution in [0.1, 0.15) is 51.9 Å². The number of carbonyl (C=O) groups excluding carboxylic acids is 1. The molecule has 2 aliphatic heterocycles. The van der Waals surface area contributed by atoms with E-state index in [4.69, 9.17) is 0 Å². The van der Waals surface area contributed by atoms with Gasteiger partial charge in [-0.1, -0.05) is 19.4 Å². The number of hydrogen-bond donors (Lipinski definition) is 1. The molecule has 0 radical (unpaired) electrons. The van der Waals surface area contributed by atoms with Gasteiger partial charge in [0.05, 0.1) is 10.6 Å². The van der Waals surface area contributed by atoms with E-state index in [-0.39, 0.29) is 10.6 Å². The van der Waals surface area contributed by atoms with Crippen molar-refractivity contribution in [1.82, 2.24) is 9.21 Å². The van der Waals surface area contributed by atoms with Gasteiger partial charge in [-0.15, -0.1) is 4.40 Å². The van der Waals surface area contributed by atoms with Gasteiger partial charge in [-0.3, -0.25) is 4.79 Å². The first kappa shape index (κ1) is 24.7. The largest absolute Gasteiger partial charge is 0.362 e. The molecule has 1 unspecified atom stereocenters. The van der Waals surface area contributed by atoms with E-state index in [9.17, 15) is 21.6 Å². The molecule has 0 aromatic heterocycles. The molecule has 1 aromatic rings. The van der Waals surface area contributed by atoms with Gasteiger partial charge in [0.25, 0.3) is 10.0 Å². The summed E-state index contributed by atoms with van der Waals surface area (Å²) in [6.07, 6.45) is 5.07. The zero-order valence-corrected chi connectivity index (χ0v) is 20.3. The molecule has 2 aliphatic rings. The lowest BCUT2D eigenvalue weighted by Crippen LogP contribution is -2.44. The van der Waals surface area contributed by atoms with Gasteiger partial charge in [-0.05, 0) is 50.3 Å². The molecule has 0 aliphatic carbocycles. The molecular weight excluding hydrogens is 452 g/mol. The molecule has 1 atom stereocenters. The first-order valence-corrected chi connectivity index (χ1v) is 14.1. The Balaban J connectivity index is 1.78. The van der Waals surface area contributed by atoms with E-state index >= 15 is 0 Å². The molecule has 1 aromatic carbocycles. The lowest BCUT2D eigenvalue weighted by molar-refractivity contribution is -0.119. The van der Waals surface area contributed by atoms with Gasteiger partial charge in [0.2, 0.25) is 15.9 Å². The van der Waals surface area contributed by atoms with E-state index in [1.807, 2.05) is 11.9 Å². The topological polar surface area (TPSA) is 116 Å². The highest BCUT2D eigenvalue weighted by molar-refractivity contribution is 7.90. The van der Waals surface area contributed by atoms with Crippen molar-refractivity contribution in [3.05, 3.63) is 24.3 Å². The van der Waals surface area contributed by atoms with Crippen LogP contribution in [0.25, 0.3) is 0 Å².